The molecule has 3 rings (SSSR count). The number of benzene rings is 1. The van der Waals surface area contributed by atoms with E-state index in [9.17, 15) is 0 Å². The van der Waals surface area contributed by atoms with Crippen LogP contribution in [0.4, 0.5) is 0 Å². The number of para-hydroxylation sites is 1. The number of nitrogen functional groups attached to an aromatic ring is 1. The molecule has 3 aromatic rings. The average molecular weight is 280 g/mol. The molecule has 0 spiro atoms. The predicted molar refractivity (Wildman–Crippen MR) is 81.1 cm³/mol. The van der Waals surface area contributed by atoms with Gasteiger partial charge in [0.05, 0.1) is 5.52 Å². The van der Waals surface area contributed by atoms with Gasteiger partial charge in [0.25, 0.3) is 0 Å². The number of nitrogens with zero attached hydrogens (tertiary/aromatic N) is 2. The first-order chi connectivity index (χ1) is 9.75. The van der Waals surface area contributed by atoms with Crippen molar-refractivity contribution < 1.29 is 0 Å². The van der Waals surface area contributed by atoms with Gasteiger partial charge in [-0.2, -0.15) is 0 Å². The number of rotatable bonds is 3. The molecule has 0 aliphatic carbocycles. The number of fused-ring (bicyclic) bond motifs is 1. The highest BCUT2D eigenvalue weighted by molar-refractivity contribution is 7.99. The molecule has 98 valence electrons. The summed E-state index contributed by atoms with van der Waals surface area (Å²) >= 11 is 1.57. The van der Waals surface area contributed by atoms with E-state index in [0.717, 1.165) is 20.7 Å². The van der Waals surface area contributed by atoms with Crippen molar-refractivity contribution in [1.82, 2.24) is 9.97 Å². The quantitative estimate of drug-likeness (QED) is 0.571. The number of hydrogen-bond acceptors (Lipinski definition) is 4. The van der Waals surface area contributed by atoms with E-state index < -0.39 is 0 Å². The minimum atomic E-state index is 0.0276. The van der Waals surface area contributed by atoms with Crippen LogP contribution in [-0.2, 0) is 0 Å². The molecule has 1 aromatic carbocycles. The van der Waals surface area contributed by atoms with E-state index in [1.54, 1.807) is 30.4 Å². The highest BCUT2D eigenvalue weighted by atomic mass is 32.2. The molecule has 0 fully saturated rings. The molecule has 0 saturated heterocycles. The van der Waals surface area contributed by atoms with Gasteiger partial charge in [0.2, 0.25) is 0 Å². The van der Waals surface area contributed by atoms with Gasteiger partial charge in [-0.05, 0) is 18.2 Å². The summed E-state index contributed by atoms with van der Waals surface area (Å²) in [4.78, 5) is 10.4. The van der Waals surface area contributed by atoms with Gasteiger partial charge in [-0.15, -0.1) is 0 Å². The van der Waals surface area contributed by atoms with E-state index >= 15 is 0 Å². The van der Waals surface area contributed by atoms with Crippen LogP contribution in [0.15, 0.2) is 64.8 Å². The first-order valence-corrected chi connectivity index (χ1v) is 6.87. The molecule has 0 radical (unpaired) electrons. The van der Waals surface area contributed by atoms with Crippen LogP contribution in [0.5, 0.6) is 0 Å². The standard InChI is InChI=1S/C15H12N4S/c16-15(17)12-9-19-13-4-2-1-3-11(13)14(12)20-10-5-7-18-8-6-10/h1-9H,(H3,16,17). The second-order valence-corrected chi connectivity index (χ2v) is 5.30. The van der Waals surface area contributed by atoms with Crippen LogP contribution in [0.2, 0.25) is 0 Å². The Morgan fingerprint density at radius 3 is 2.60 bits per heavy atom. The SMILES string of the molecule is N=C(N)c1cnc2ccccc2c1Sc1ccncc1. The summed E-state index contributed by atoms with van der Waals surface area (Å²) in [6.45, 7) is 0. The molecule has 2 heterocycles. The van der Waals surface area contributed by atoms with Crippen molar-refractivity contribution >= 4 is 28.5 Å². The number of nitrogens with one attached hydrogen (secondary N) is 1. The Kier molecular flexibility index (Phi) is 3.35. The normalized spacial score (nSPS) is 10.6. The van der Waals surface area contributed by atoms with Gasteiger partial charge >= 0.3 is 0 Å². The topological polar surface area (TPSA) is 75.7 Å². The first kappa shape index (κ1) is 12.6. The van der Waals surface area contributed by atoms with Gasteiger partial charge in [-0.25, -0.2) is 0 Å². The lowest BCUT2D eigenvalue weighted by Crippen LogP contribution is -2.13. The molecule has 0 amide bonds. The second kappa shape index (κ2) is 5.30. The summed E-state index contributed by atoms with van der Waals surface area (Å²) in [6.07, 6.45) is 5.16. The predicted octanol–water partition coefficient (Wildman–Crippen LogP) is 3.07. The van der Waals surface area contributed by atoms with Crippen molar-refractivity contribution in [2.24, 2.45) is 5.73 Å². The fraction of sp³-hybridized carbons (Fsp3) is 0. The Bertz CT molecular complexity index is 771. The maximum Gasteiger partial charge on any atom is 0.125 e. The molecule has 0 unspecified atom stereocenters. The van der Waals surface area contributed by atoms with Crippen LogP contribution in [0.1, 0.15) is 5.56 Å². The fourth-order valence-electron chi connectivity index (χ4n) is 1.94. The highest BCUT2D eigenvalue weighted by Crippen LogP contribution is 2.35. The number of aromatic nitrogens is 2. The van der Waals surface area contributed by atoms with Crippen molar-refractivity contribution in [2.45, 2.75) is 9.79 Å². The van der Waals surface area contributed by atoms with Gasteiger partial charge in [-0.3, -0.25) is 15.4 Å². The molecule has 5 heteroatoms. The lowest BCUT2D eigenvalue weighted by atomic mass is 10.1. The summed E-state index contributed by atoms with van der Waals surface area (Å²) in [5.41, 5.74) is 7.23. The Hall–Kier alpha value is -2.40. The van der Waals surface area contributed by atoms with Crippen LogP contribution in [-0.4, -0.2) is 15.8 Å². The minimum absolute atomic E-state index is 0.0276. The third-order valence-electron chi connectivity index (χ3n) is 2.89. The van der Waals surface area contributed by atoms with Gasteiger partial charge in [0.15, 0.2) is 0 Å². The van der Waals surface area contributed by atoms with Crippen LogP contribution in [0.3, 0.4) is 0 Å². The number of pyridine rings is 2. The van der Waals surface area contributed by atoms with Gasteiger partial charge in [0, 0.05) is 39.3 Å². The van der Waals surface area contributed by atoms with E-state index in [-0.39, 0.29) is 5.84 Å². The Morgan fingerprint density at radius 1 is 1.10 bits per heavy atom. The fourth-order valence-corrected chi connectivity index (χ4v) is 2.99. The van der Waals surface area contributed by atoms with Crippen LogP contribution < -0.4 is 5.73 Å². The molecule has 20 heavy (non-hydrogen) atoms. The van der Waals surface area contributed by atoms with Crippen molar-refractivity contribution in [3.63, 3.8) is 0 Å². The molecule has 3 N–H and O–H groups in total. The zero-order chi connectivity index (χ0) is 13.9. The summed E-state index contributed by atoms with van der Waals surface area (Å²) < 4.78 is 0. The lowest BCUT2D eigenvalue weighted by molar-refractivity contribution is 1.25. The van der Waals surface area contributed by atoms with Crippen LogP contribution >= 0.6 is 11.8 Å². The Labute approximate surface area is 120 Å². The third kappa shape index (κ3) is 2.35. The summed E-state index contributed by atoms with van der Waals surface area (Å²) in [5.74, 6) is 0.0276. The molecule has 0 atom stereocenters. The van der Waals surface area contributed by atoms with E-state index in [0.29, 0.717) is 5.56 Å². The van der Waals surface area contributed by atoms with Gasteiger partial charge < -0.3 is 5.73 Å². The highest BCUT2D eigenvalue weighted by Gasteiger charge is 2.12. The Balaban J connectivity index is 2.20. The van der Waals surface area contributed by atoms with Gasteiger partial charge in [0.1, 0.15) is 5.84 Å². The summed E-state index contributed by atoms with van der Waals surface area (Å²) in [5, 5.41) is 8.73. The smallest absolute Gasteiger partial charge is 0.125 e. The van der Waals surface area contributed by atoms with Crippen molar-refractivity contribution in [1.29, 1.82) is 5.41 Å². The monoisotopic (exact) mass is 280 g/mol. The van der Waals surface area contributed by atoms with E-state index in [4.69, 9.17) is 11.1 Å². The molecule has 0 aliphatic rings. The van der Waals surface area contributed by atoms with E-state index in [2.05, 4.69) is 9.97 Å². The molecule has 2 aromatic heterocycles. The van der Waals surface area contributed by atoms with Crippen molar-refractivity contribution in [3.05, 3.63) is 60.6 Å². The Morgan fingerprint density at radius 2 is 1.85 bits per heavy atom. The van der Waals surface area contributed by atoms with Crippen molar-refractivity contribution in [3.8, 4) is 0 Å². The zero-order valence-corrected chi connectivity index (χ0v) is 11.4. The summed E-state index contributed by atoms with van der Waals surface area (Å²) in [7, 11) is 0. The second-order valence-electron chi connectivity index (χ2n) is 4.22. The molecular formula is C15H12N4S. The van der Waals surface area contributed by atoms with Crippen molar-refractivity contribution in [2.75, 3.05) is 0 Å². The maximum absolute atomic E-state index is 7.73. The maximum atomic E-state index is 7.73. The number of nitrogens with two attached hydrogens (primary N) is 1. The number of amidine groups is 1. The third-order valence-corrected chi connectivity index (χ3v) is 4.04. The lowest BCUT2D eigenvalue weighted by Gasteiger charge is -2.11. The summed E-state index contributed by atoms with van der Waals surface area (Å²) in [6, 6.07) is 11.7. The van der Waals surface area contributed by atoms with E-state index in [1.807, 2.05) is 36.4 Å². The molecule has 0 saturated carbocycles. The van der Waals surface area contributed by atoms with Crippen LogP contribution in [0, 0.1) is 5.41 Å². The number of hydrogen-bond donors (Lipinski definition) is 2. The molecule has 0 aliphatic heterocycles. The zero-order valence-electron chi connectivity index (χ0n) is 10.6. The molecule has 0 bridgehead atoms. The first-order valence-electron chi connectivity index (χ1n) is 6.06. The molecular weight excluding hydrogens is 268 g/mol. The van der Waals surface area contributed by atoms with E-state index in [1.165, 1.54) is 0 Å². The van der Waals surface area contributed by atoms with Crippen LogP contribution in [0.25, 0.3) is 10.9 Å². The average Bonchev–Trinajstić information content (AvgIpc) is 2.48. The minimum Gasteiger partial charge on any atom is -0.384 e. The molecule has 4 nitrogen and oxygen atoms in total. The largest absolute Gasteiger partial charge is 0.384 e. The van der Waals surface area contributed by atoms with Gasteiger partial charge in [-0.1, -0.05) is 30.0 Å².